The van der Waals surface area contributed by atoms with Gasteiger partial charge >= 0.3 is 11.8 Å². The Morgan fingerprint density at radius 3 is 2.75 bits per heavy atom. The standard InChI is InChI=1S/C11H13N5O4/c1-6(2)10(11(17)18)13-7-3-4-8-12-5-9(16(19)20)15(8)14-7/h3-6,10H,1-2H3,(H,13,14)(H,17,18)/t10-/m0/s1. The molecule has 0 aliphatic heterocycles. The van der Waals surface area contributed by atoms with Crippen molar-refractivity contribution in [1.82, 2.24) is 14.6 Å². The lowest BCUT2D eigenvalue weighted by molar-refractivity contribution is -0.391. The monoisotopic (exact) mass is 279 g/mol. The molecule has 1 atom stereocenters. The maximum Gasteiger partial charge on any atom is 0.368 e. The lowest BCUT2D eigenvalue weighted by Crippen LogP contribution is -2.34. The second-order valence-corrected chi connectivity index (χ2v) is 4.57. The third kappa shape index (κ3) is 2.51. The van der Waals surface area contributed by atoms with Crippen molar-refractivity contribution in [2.45, 2.75) is 19.9 Å². The molecule has 9 nitrogen and oxygen atoms in total. The molecule has 2 heterocycles. The fraction of sp³-hybridized carbons (Fsp3) is 0.364. The maximum atomic E-state index is 11.1. The Labute approximate surface area is 113 Å². The highest BCUT2D eigenvalue weighted by molar-refractivity contribution is 5.77. The number of nitro groups is 1. The van der Waals surface area contributed by atoms with Gasteiger partial charge < -0.3 is 20.5 Å². The molecule has 0 bridgehead atoms. The fourth-order valence-electron chi connectivity index (χ4n) is 1.74. The van der Waals surface area contributed by atoms with E-state index in [1.165, 1.54) is 12.1 Å². The molecule has 0 unspecified atom stereocenters. The summed E-state index contributed by atoms with van der Waals surface area (Å²) in [5.74, 6) is -1.22. The number of aliphatic carboxylic acids is 1. The summed E-state index contributed by atoms with van der Waals surface area (Å²) in [6.07, 6.45) is 1.10. The van der Waals surface area contributed by atoms with Crippen molar-refractivity contribution in [3.05, 3.63) is 28.4 Å². The Kier molecular flexibility index (Phi) is 3.51. The SMILES string of the molecule is CC(C)[C@H](Nc1ccc2ncc([N+](=O)[O-])n2n1)C(=O)O. The van der Waals surface area contributed by atoms with Crippen LogP contribution < -0.4 is 5.32 Å². The Morgan fingerprint density at radius 1 is 1.50 bits per heavy atom. The van der Waals surface area contributed by atoms with Gasteiger partial charge in [0.1, 0.15) is 12.2 Å². The molecule has 0 saturated carbocycles. The number of nitrogens with one attached hydrogen (secondary N) is 1. The van der Waals surface area contributed by atoms with Crippen molar-refractivity contribution in [1.29, 1.82) is 0 Å². The van der Waals surface area contributed by atoms with Crippen molar-refractivity contribution in [2.24, 2.45) is 5.92 Å². The number of hydrogen-bond donors (Lipinski definition) is 2. The van der Waals surface area contributed by atoms with Gasteiger partial charge in [0.05, 0.1) is 0 Å². The van der Waals surface area contributed by atoms with Crippen molar-refractivity contribution in [3.8, 4) is 0 Å². The smallest absolute Gasteiger partial charge is 0.368 e. The molecular weight excluding hydrogens is 266 g/mol. The summed E-state index contributed by atoms with van der Waals surface area (Å²) >= 11 is 0. The van der Waals surface area contributed by atoms with Gasteiger partial charge in [0.15, 0.2) is 5.82 Å². The summed E-state index contributed by atoms with van der Waals surface area (Å²) in [5.41, 5.74) is 0.318. The average Bonchev–Trinajstić information content (AvgIpc) is 2.78. The Morgan fingerprint density at radius 2 is 2.20 bits per heavy atom. The number of rotatable bonds is 5. The average molecular weight is 279 g/mol. The molecule has 0 aliphatic carbocycles. The first kappa shape index (κ1) is 13.7. The predicted octanol–water partition coefficient (Wildman–Crippen LogP) is 1.16. The molecule has 20 heavy (non-hydrogen) atoms. The molecule has 0 fully saturated rings. The van der Waals surface area contributed by atoms with E-state index in [1.54, 1.807) is 13.8 Å². The van der Waals surface area contributed by atoms with E-state index in [9.17, 15) is 14.9 Å². The van der Waals surface area contributed by atoms with Crippen molar-refractivity contribution >= 4 is 23.3 Å². The second kappa shape index (κ2) is 5.11. The first-order valence-corrected chi connectivity index (χ1v) is 5.88. The minimum absolute atomic E-state index is 0.164. The van der Waals surface area contributed by atoms with Gasteiger partial charge in [-0.3, -0.25) is 0 Å². The lowest BCUT2D eigenvalue weighted by atomic mass is 10.1. The lowest BCUT2D eigenvalue weighted by Gasteiger charge is -2.17. The van der Waals surface area contributed by atoms with Crippen LogP contribution in [0.3, 0.4) is 0 Å². The number of carboxylic acid groups (broad SMARTS) is 1. The van der Waals surface area contributed by atoms with Crippen LogP contribution in [0.15, 0.2) is 18.3 Å². The maximum absolute atomic E-state index is 11.1. The first-order valence-electron chi connectivity index (χ1n) is 5.88. The van der Waals surface area contributed by atoms with Crippen LogP contribution in [-0.4, -0.2) is 36.6 Å². The molecule has 0 aliphatic rings. The van der Waals surface area contributed by atoms with Crippen molar-refractivity contribution in [2.75, 3.05) is 5.32 Å². The van der Waals surface area contributed by atoms with E-state index < -0.39 is 16.9 Å². The topological polar surface area (TPSA) is 123 Å². The highest BCUT2D eigenvalue weighted by Crippen LogP contribution is 2.16. The minimum Gasteiger partial charge on any atom is -0.480 e. The van der Waals surface area contributed by atoms with E-state index >= 15 is 0 Å². The summed E-state index contributed by atoms with van der Waals surface area (Å²) in [4.78, 5) is 25.2. The quantitative estimate of drug-likeness (QED) is 0.621. The van der Waals surface area contributed by atoms with Crippen LogP contribution in [0.25, 0.3) is 5.65 Å². The van der Waals surface area contributed by atoms with Crippen LogP contribution in [0.4, 0.5) is 11.6 Å². The third-order valence-electron chi connectivity index (χ3n) is 2.77. The molecular formula is C11H13N5O4. The molecule has 0 radical (unpaired) electrons. The van der Waals surface area contributed by atoms with E-state index in [-0.39, 0.29) is 17.6 Å². The molecule has 0 spiro atoms. The summed E-state index contributed by atoms with van der Waals surface area (Å²) < 4.78 is 1.06. The number of carbonyl (C=O) groups is 1. The highest BCUT2D eigenvalue weighted by Gasteiger charge is 2.23. The second-order valence-electron chi connectivity index (χ2n) is 4.57. The van der Waals surface area contributed by atoms with Crippen LogP contribution >= 0.6 is 0 Å². The number of carboxylic acids is 1. The van der Waals surface area contributed by atoms with Gasteiger partial charge in [-0.15, -0.1) is 0 Å². The van der Waals surface area contributed by atoms with Gasteiger partial charge in [-0.05, 0) is 16.9 Å². The molecule has 0 saturated heterocycles. The molecule has 0 amide bonds. The molecule has 106 valence electrons. The van der Waals surface area contributed by atoms with Crippen LogP contribution in [-0.2, 0) is 4.79 Å². The van der Waals surface area contributed by atoms with Gasteiger partial charge in [-0.2, -0.15) is 0 Å². The van der Waals surface area contributed by atoms with Crippen LogP contribution in [0, 0.1) is 16.0 Å². The predicted molar refractivity (Wildman–Crippen MR) is 69.5 cm³/mol. The van der Waals surface area contributed by atoms with E-state index in [0.717, 1.165) is 10.7 Å². The van der Waals surface area contributed by atoms with E-state index in [4.69, 9.17) is 5.11 Å². The number of hydrogen-bond acceptors (Lipinski definition) is 6. The van der Waals surface area contributed by atoms with Gasteiger partial charge in [0, 0.05) is 6.07 Å². The highest BCUT2D eigenvalue weighted by atomic mass is 16.6. The van der Waals surface area contributed by atoms with Crippen molar-refractivity contribution in [3.63, 3.8) is 0 Å². The van der Waals surface area contributed by atoms with E-state index in [0.29, 0.717) is 5.65 Å². The Hall–Kier alpha value is -2.71. The number of fused-ring (bicyclic) bond motifs is 1. The zero-order chi connectivity index (χ0) is 14.9. The summed E-state index contributed by atoms with van der Waals surface area (Å²) in [6.45, 7) is 3.51. The normalized spacial score (nSPS) is 12.6. The van der Waals surface area contributed by atoms with Gasteiger partial charge in [-0.1, -0.05) is 23.5 Å². The van der Waals surface area contributed by atoms with Gasteiger partial charge in [0.2, 0.25) is 5.65 Å². The zero-order valence-corrected chi connectivity index (χ0v) is 10.8. The number of aromatic nitrogens is 3. The van der Waals surface area contributed by atoms with Crippen LogP contribution in [0.1, 0.15) is 13.8 Å². The van der Waals surface area contributed by atoms with Crippen LogP contribution in [0.5, 0.6) is 0 Å². The molecule has 2 aromatic heterocycles. The number of nitrogens with zero attached hydrogens (tertiary/aromatic N) is 4. The van der Waals surface area contributed by atoms with Gasteiger partial charge in [-0.25, -0.2) is 9.78 Å². The molecule has 0 aromatic carbocycles. The zero-order valence-electron chi connectivity index (χ0n) is 10.8. The fourth-order valence-corrected chi connectivity index (χ4v) is 1.74. The number of anilines is 1. The largest absolute Gasteiger partial charge is 0.480 e. The Balaban J connectivity index is 2.38. The van der Waals surface area contributed by atoms with Crippen molar-refractivity contribution < 1.29 is 14.8 Å². The molecule has 2 rings (SSSR count). The third-order valence-corrected chi connectivity index (χ3v) is 2.77. The Bertz CT molecular complexity index is 666. The van der Waals surface area contributed by atoms with Crippen LogP contribution in [0.2, 0.25) is 0 Å². The summed E-state index contributed by atoms with van der Waals surface area (Å²) in [6, 6.07) is 2.23. The molecule has 2 N–H and O–H groups in total. The van der Waals surface area contributed by atoms with E-state index in [1.807, 2.05) is 0 Å². The first-order chi connectivity index (χ1) is 9.40. The van der Waals surface area contributed by atoms with Gasteiger partial charge in [0.25, 0.3) is 0 Å². The van der Waals surface area contributed by atoms with E-state index in [2.05, 4.69) is 15.4 Å². The number of imidazole rings is 1. The molecule has 9 heteroatoms. The molecule has 2 aromatic rings. The minimum atomic E-state index is -1.01. The summed E-state index contributed by atoms with van der Waals surface area (Å²) in [5, 5.41) is 26.7. The summed E-state index contributed by atoms with van der Waals surface area (Å²) in [7, 11) is 0.